The number of benzene rings is 1. The summed E-state index contributed by atoms with van der Waals surface area (Å²) in [5.74, 6) is -1.18. The van der Waals surface area contributed by atoms with Crippen molar-refractivity contribution >= 4 is 23.6 Å². The Bertz CT molecular complexity index is 363. The molecule has 68 valence electrons. The van der Waals surface area contributed by atoms with Gasteiger partial charge in [-0.15, -0.1) is 0 Å². The number of primary amides is 1. The van der Waals surface area contributed by atoms with Gasteiger partial charge < -0.3 is 5.73 Å². The predicted octanol–water partition coefficient (Wildman–Crippen LogP) is 1.98. The number of amides is 1. The number of halogens is 2. The summed E-state index contributed by atoms with van der Waals surface area (Å²) in [4.78, 5) is 10.3. The van der Waals surface area contributed by atoms with Crippen molar-refractivity contribution in [3.63, 3.8) is 0 Å². The molecule has 0 spiro atoms. The quantitative estimate of drug-likeness (QED) is 0.728. The molecular weight excluding hydrogens is 193 g/mol. The Balaban J connectivity index is 3.02. The fourth-order valence-electron chi connectivity index (χ4n) is 0.821. The molecule has 2 nitrogen and oxygen atoms in total. The molecule has 0 saturated carbocycles. The maximum Gasteiger partial charge on any atom is 0.241 e. The average Bonchev–Trinajstić information content (AvgIpc) is 2.07. The van der Waals surface area contributed by atoms with E-state index in [0.717, 1.165) is 6.08 Å². The second-order valence-electron chi connectivity index (χ2n) is 2.38. The van der Waals surface area contributed by atoms with Crippen molar-refractivity contribution in [2.24, 2.45) is 5.73 Å². The minimum absolute atomic E-state index is 0.0200. The van der Waals surface area contributed by atoms with Crippen molar-refractivity contribution < 1.29 is 9.18 Å². The minimum atomic E-state index is -0.626. The fraction of sp³-hybridized carbons (Fsp3) is 0. The van der Waals surface area contributed by atoms with Gasteiger partial charge in [-0.3, -0.25) is 4.79 Å². The van der Waals surface area contributed by atoms with Crippen molar-refractivity contribution in [1.82, 2.24) is 0 Å². The van der Waals surface area contributed by atoms with E-state index in [2.05, 4.69) is 0 Å². The Morgan fingerprint density at radius 1 is 1.54 bits per heavy atom. The zero-order valence-corrected chi connectivity index (χ0v) is 7.38. The highest BCUT2D eigenvalue weighted by molar-refractivity contribution is 6.30. The van der Waals surface area contributed by atoms with Crippen LogP contribution in [0.25, 0.3) is 6.08 Å². The van der Waals surface area contributed by atoms with Gasteiger partial charge in [0, 0.05) is 11.6 Å². The number of hydrogen-bond acceptors (Lipinski definition) is 1. The van der Waals surface area contributed by atoms with Gasteiger partial charge in [0.1, 0.15) is 5.82 Å². The zero-order chi connectivity index (χ0) is 9.84. The topological polar surface area (TPSA) is 43.1 Å². The number of nitrogens with two attached hydrogens (primary N) is 1. The van der Waals surface area contributed by atoms with Crippen LogP contribution in [0.1, 0.15) is 5.56 Å². The largest absolute Gasteiger partial charge is 0.366 e. The molecule has 1 aromatic carbocycles. The van der Waals surface area contributed by atoms with Gasteiger partial charge in [0.15, 0.2) is 0 Å². The van der Waals surface area contributed by atoms with Crippen molar-refractivity contribution in [2.75, 3.05) is 0 Å². The normalized spacial score (nSPS) is 10.6. The lowest BCUT2D eigenvalue weighted by atomic mass is 10.2. The zero-order valence-electron chi connectivity index (χ0n) is 6.63. The molecule has 0 heterocycles. The third-order valence-electron chi connectivity index (χ3n) is 1.41. The molecule has 0 aliphatic heterocycles. The number of carbonyl (C=O) groups is 1. The number of rotatable bonds is 2. The summed E-state index contributed by atoms with van der Waals surface area (Å²) in [5.41, 5.74) is 5.09. The lowest BCUT2D eigenvalue weighted by Gasteiger charge is -1.97. The van der Waals surface area contributed by atoms with Crippen molar-refractivity contribution in [2.45, 2.75) is 0 Å². The van der Waals surface area contributed by atoms with E-state index in [4.69, 9.17) is 17.3 Å². The molecule has 0 aliphatic rings. The molecule has 0 fully saturated rings. The van der Waals surface area contributed by atoms with Crippen LogP contribution >= 0.6 is 11.6 Å². The molecule has 0 unspecified atom stereocenters. The number of carbonyl (C=O) groups excluding carboxylic acids is 1. The second kappa shape index (κ2) is 4.05. The fourth-order valence-corrected chi connectivity index (χ4v) is 1.00. The molecule has 0 aliphatic carbocycles. The van der Waals surface area contributed by atoms with Gasteiger partial charge in [-0.25, -0.2) is 4.39 Å². The third kappa shape index (κ3) is 2.56. The van der Waals surface area contributed by atoms with Crippen molar-refractivity contribution in [3.05, 3.63) is 40.7 Å². The van der Waals surface area contributed by atoms with Crippen LogP contribution in [0.5, 0.6) is 0 Å². The van der Waals surface area contributed by atoms with Crippen LogP contribution in [0.2, 0.25) is 5.02 Å². The molecule has 0 bridgehead atoms. The van der Waals surface area contributed by atoms with E-state index in [1.807, 2.05) is 0 Å². The minimum Gasteiger partial charge on any atom is -0.366 e. The summed E-state index contributed by atoms with van der Waals surface area (Å²) < 4.78 is 13.1. The summed E-state index contributed by atoms with van der Waals surface area (Å²) in [6, 6.07) is 4.52. The smallest absolute Gasteiger partial charge is 0.241 e. The first-order valence-electron chi connectivity index (χ1n) is 3.53. The molecule has 0 saturated heterocycles. The summed E-state index contributed by atoms with van der Waals surface area (Å²) in [7, 11) is 0. The maximum absolute atomic E-state index is 13.1. The van der Waals surface area contributed by atoms with Gasteiger partial charge in [-0.1, -0.05) is 23.7 Å². The highest BCUT2D eigenvalue weighted by Crippen LogP contribution is 2.18. The summed E-state index contributed by atoms with van der Waals surface area (Å²) in [6.07, 6.45) is 2.36. The monoisotopic (exact) mass is 199 g/mol. The molecule has 0 atom stereocenters. The highest BCUT2D eigenvalue weighted by Gasteiger charge is 2.02. The molecule has 4 heteroatoms. The van der Waals surface area contributed by atoms with Crippen molar-refractivity contribution in [1.29, 1.82) is 0 Å². The lowest BCUT2D eigenvalue weighted by molar-refractivity contribution is -0.113. The first-order valence-corrected chi connectivity index (χ1v) is 3.90. The molecule has 0 aromatic heterocycles. The predicted molar refractivity (Wildman–Crippen MR) is 49.6 cm³/mol. The molecule has 1 rings (SSSR count). The first kappa shape index (κ1) is 9.74. The van der Waals surface area contributed by atoms with Gasteiger partial charge in [0.05, 0.1) is 5.02 Å². The molecule has 13 heavy (non-hydrogen) atoms. The Morgan fingerprint density at radius 3 is 2.85 bits per heavy atom. The SMILES string of the molecule is NC(=O)/C=C/c1cccc(Cl)c1F. The Kier molecular flexibility index (Phi) is 3.03. The van der Waals surface area contributed by atoms with Gasteiger partial charge in [0.25, 0.3) is 0 Å². The second-order valence-corrected chi connectivity index (χ2v) is 2.79. The Labute approximate surface area is 79.8 Å². The van der Waals surface area contributed by atoms with Crippen LogP contribution in [0.4, 0.5) is 4.39 Å². The lowest BCUT2D eigenvalue weighted by Crippen LogP contribution is -2.05. The summed E-state index contributed by atoms with van der Waals surface area (Å²) >= 11 is 5.50. The van der Waals surface area contributed by atoms with E-state index >= 15 is 0 Å². The summed E-state index contributed by atoms with van der Waals surface area (Å²) in [5, 5.41) is 0.0200. The Morgan fingerprint density at radius 2 is 2.23 bits per heavy atom. The molecule has 1 aromatic rings. The van der Waals surface area contributed by atoms with E-state index in [1.165, 1.54) is 18.2 Å². The van der Waals surface area contributed by atoms with E-state index in [1.54, 1.807) is 6.07 Å². The van der Waals surface area contributed by atoms with Crippen LogP contribution in [0.3, 0.4) is 0 Å². The van der Waals surface area contributed by atoms with Crippen LogP contribution in [-0.2, 0) is 4.79 Å². The molecule has 2 N–H and O–H groups in total. The van der Waals surface area contributed by atoms with E-state index in [0.29, 0.717) is 0 Å². The van der Waals surface area contributed by atoms with Crippen LogP contribution in [0, 0.1) is 5.82 Å². The molecule has 0 radical (unpaired) electrons. The van der Waals surface area contributed by atoms with Gasteiger partial charge in [-0.2, -0.15) is 0 Å². The van der Waals surface area contributed by atoms with Gasteiger partial charge >= 0.3 is 0 Å². The van der Waals surface area contributed by atoms with Crippen LogP contribution < -0.4 is 5.73 Å². The van der Waals surface area contributed by atoms with Crippen LogP contribution in [-0.4, -0.2) is 5.91 Å². The Hall–Kier alpha value is -1.35. The van der Waals surface area contributed by atoms with E-state index < -0.39 is 11.7 Å². The van der Waals surface area contributed by atoms with Gasteiger partial charge in [-0.05, 0) is 12.1 Å². The average molecular weight is 200 g/mol. The molecular formula is C9H7ClFNO. The van der Waals surface area contributed by atoms with E-state index in [9.17, 15) is 9.18 Å². The van der Waals surface area contributed by atoms with Crippen LogP contribution in [0.15, 0.2) is 24.3 Å². The van der Waals surface area contributed by atoms with Gasteiger partial charge in [0.2, 0.25) is 5.91 Å². The number of hydrogen-bond donors (Lipinski definition) is 1. The standard InChI is InChI=1S/C9H7ClFNO/c10-7-3-1-2-6(9(7)11)4-5-8(12)13/h1-5H,(H2,12,13)/b5-4+. The highest BCUT2D eigenvalue weighted by atomic mass is 35.5. The summed E-state index contributed by atoms with van der Waals surface area (Å²) in [6.45, 7) is 0. The maximum atomic E-state index is 13.1. The van der Waals surface area contributed by atoms with E-state index in [-0.39, 0.29) is 10.6 Å². The van der Waals surface area contributed by atoms with Crippen molar-refractivity contribution in [3.8, 4) is 0 Å². The first-order chi connectivity index (χ1) is 6.11. The molecule has 1 amide bonds. The third-order valence-corrected chi connectivity index (χ3v) is 1.70.